The number of hydrogen-bond acceptors (Lipinski definition) is 5. The average Bonchev–Trinajstić information content (AvgIpc) is 3.70. The zero-order valence-electron chi connectivity index (χ0n) is 27.8. The van der Waals surface area contributed by atoms with E-state index in [1.165, 1.54) is 10.9 Å². The maximum Gasteiger partial charge on any atom is 0.140 e. The molecular formula is C41H33N6OPt-3. The fourth-order valence-corrected chi connectivity index (χ4v) is 6.95. The normalized spacial score (nSPS) is 13.1. The third kappa shape index (κ3) is 4.98. The molecule has 0 bridgehead atoms. The van der Waals surface area contributed by atoms with Crippen molar-refractivity contribution in [2.24, 2.45) is 7.05 Å². The Morgan fingerprint density at radius 2 is 1.51 bits per heavy atom. The Hall–Kier alpha value is -5.13. The molecule has 1 aliphatic heterocycles. The molecular weight excluding hydrogens is 788 g/mol. The van der Waals surface area contributed by atoms with Crippen molar-refractivity contribution in [1.29, 1.82) is 0 Å². The Labute approximate surface area is 299 Å². The molecule has 0 fully saturated rings. The van der Waals surface area contributed by atoms with Crippen molar-refractivity contribution in [2.45, 2.75) is 26.2 Å². The van der Waals surface area contributed by atoms with Crippen molar-refractivity contribution < 1.29 is 25.8 Å². The predicted molar refractivity (Wildman–Crippen MR) is 195 cm³/mol. The molecule has 0 radical (unpaired) electrons. The van der Waals surface area contributed by atoms with Crippen molar-refractivity contribution >= 4 is 60.8 Å². The number of ether oxygens (including phenoxy) is 1. The second-order valence-corrected chi connectivity index (χ2v) is 13.5. The predicted octanol–water partition coefficient (Wildman–Crippen LogP) is 9.61. The first-order chi connectivity index (χ1) is 23.2. The van der Waals surface area contributed by atoms with E-state index in [0.29, 0.717) is 11.5 Å². The third-order valence-corrected chi connectivity index (χ3v) is 9.41. The van der Waals surface area contributed by atoms with Gasteiger partial charge >= 0.3 is 0 Å². The fourth-order valence-electron chi connectivity index (χ4n) is 6.95. The Morgan fingerprint density at radius 3 is 2.37 bits per heavy atom. The number of anilines is 3. The molecule has 0 N–H and O–H groups in total. The molecule has 0 atom stereocenters. The van der Waals surface area contributed by atoms with Crippen LogP contribution in [0.5, 0.6) is 11.5 Å². The molecule has 4 aromatic carbocycles. The van der Waals surface area contributed by atoms with Crippen LogP contribution in [-0.2, 0) is 33.5 Å². The molecule has 8 heteroatoms. The summed E-state index contributed by atoms with van der Waals surface area (Å²) in [4.78, 5) is 13.7. The van der Waals surface area contributed by atoms with Gasteiger partial charge in [0.2, 0.25) is 0 Å². The zero-order chi connectivity index (χ0) is 32.7. The van der Waals surface area contributed by atoms with Gasteiger partial charge in [-0.05, 0) is 65.9 Å². The standard InChI is InChI=1S/C41H33N6O.Pt/c1-41(2,3)26-17-19-42-39(20-26)47-34-14-7-6-12-30(34)31-16-15-29(22-36(31)47)48-28-11-8-10-27(21-28)46-25-44(4)37-23-33-32-13-9-18-43-40(32)45(5)35(33)24-38(37)46;/h6-20,23-25H,1-5H3;/q-3;. The molecule has 5 heterocycles. The molecule has 9 rings (SSSR count). The Bertz CT molecular complexity index is 2560. The Kier molecular flexibility index (Phi) is 7.31. The van der Waals surface area contributed by atoms with E-state index in [4.69, 9.17) is 9.72 Å². The summed E-state index contributed by atoms with van der Waals surface area (Å²) in [6.45, 7) is 8.76. The summed E-state index contributed by atoms with van der Waals surface area (Å²) in [5, 5.41) is 4.58. The van der Waals surface area contributed by atoms with Crippen LogP contribution in [-0.4, -0.2) is 26.1 Å². The van der Waals surface area contributed by atoms with E-state index in [-0.39, 0.29) is 26.5 Å². The third-order valence-electron chi connectivity index (χ3n) is 9.41. The molecule has 8 aromatic rings. The molecule has 0 spiro atoms. The van der Waals surface area contributed by atoms with Gasteiger partial charge in [-0.15, -0.1) is 41.4 Å². The molecule has 246 valence electrons. The van der Waals surface area contributed by atoms with Crippen LogP contribution in [0.4, 0.5) is 17.1 Å². The minimum Gasteiger partial charge on any atom is -0.509 e. The molecule has 0 aliphatic carbocycles. The summed E-state index contributed by atoms with van der Waals surface area (Å²) in [7, 11) is 4.14. The van der Waals surface area contributed by atoms with Crippen LogP contribution in [0.25, 0.3) is 49.6 Å². The molecule has 0 unspecified atom stereocenters. The average molecular weight is 821 g/mol. The van der Waals surface area contributed by atoms with E-state index in [0.717, 1.165) is 61.2 Å². The van der Waals surface area contributed by atoms with Gasteiger partial charge in [0.15, 0.2) is 0 Å². The number of fused-ring (bicyclic) bond motifs is 7. The van der Waals surface area contributed by atoms with E-state index in [2.05, 4.69) is 144 Å². The number of aromatic nitrogens is 4. The first kappa shape index (κ1) is 31.2. The number of para-hydroxylation sites is 1. The molecule has 0 amide bonds. The topological polar surface area (TPSA) is 51.4 Å². The van der Waals surface area contributed by atoms with Gasteiger partial charge in [-0.2, -0.15) is 18.8 Å². The Morgan fingerprint density at radius 1 is 0.694 bits per heavy atom. The van der Waals surface area contributed by atoms with Gasteiger partial charge in [0.25, 0.3) is 0 Å². The molecule has 7 nitrogen and oxygen atoms in total. The molecule has 0 saturated heterocycles. The SMILES string of the molecule is CN1[CH-]N(c2[c-]c(Oc3[c-]c4c(cc3)c3ccccc3n4-c3cc(C(C)(C)C)ccn3)ccc2)c2cc3c(cc21)c1cccnc1n3C.[Pt]. The number of benzene rings is 4. The maximum absolute atomic E-state index is 6.48. The number of pyridine rings is 2. The molecule has 0 saturated carbocycles. The van der Waals surface area contributed by atoms with Crippen molar-refractivity contribution in [3.63, 3.8) is 0 Å². The monoisotopic (exact) mass is 820 g/mol. The van der Waals surface area contributed by atoms with E-state index in [9.17, 15) is 0 Å². The van der Waals surface area contributed by atoms with E-state index >= 15 is 0 Å². The largest absolute Gasteiger partial charge is 0.509 e. The summed E-state index contributed by atoms with van der Waals surface area (Å²) in [6, 6.07) is 38.5. The number of nitrogens with zero attached hydrogens (tertiary/aromatic N) is 6. The zero-order valence-corrected chi connectivity index (χ0v) is 30.1. The number of hydrogen-bond donors (Lipinski definition) is 0. The van der Waals surface area contributed by atoms with Gasteiger partial charge in [0.1, 0.15) is 11.5 Å². The minimum absolute atomic E-state index is 0. The van der Waals surface area contributed by atoms with Crippen LogP contribution in [0.2, 0.25) is 0 Å². The van der Waals surface area contributed by atoms with Crippen LogP contribution in [0.3, 0.4) is 0 Å². The summed E-state index contributed by atoms with van der Waals surface area (Å²) in [5.74, 6) is 2.08. The van der Waals surface area contributed by atoms with Gasteiger partial charge < -0.3 is 23.7 Å². The van der Waals surface area contributed by atoms with Crippen LogP contribution in [0.1, 0.15) is 26.3 Å². The second-order valence-electron chi connectivity index (χ2n) is 13.5. The molecule has 1 aliphatic rings. The molecule has 4 aromatic heterocycles. The summed E-state index contributed by atoms with van der Waals surface area (Å²) < 4.78 is 10.8. The van der Waals surface area contributed by atoms with Crippen LogP contribution < -0.4 is 14.5 Å². The van der Waals surface area contributed by atoms with E-state index < -0.39 is 0 Å². The van der Waals surface area contributed by atoms with Gasteiger partial charge in [-0.3, -0.25) is 0 Å². The second kappa shape index (κ2) is 11.5. The van der Waals surface area contributed by atoms with Gasteiger partial charge in [0.05, 0.1) is 5.52 Å². The van der Waals surface area contributed by atoms with Crippen LogP contribution in [0, 0.1) is 18.8 Å². The van der Waals surface area contributed by atoms with Gasteiger partial charge in [-0.1, -0.05) is 44.5 Å². The van der Waals surface area contributed by atoms with E-state index in [1.807, 2.05) is 36.7 Å². The quantitative estimate of drug-likeness (QED) is 0.166. The van der Waals surface area contributed by atoms with Crippen LogP contribution in [0.15, 0.2) is 103 Å². The number of rotatable bonds is 4. The van der Waals surface area contributed by atoms with E-state index in [1.54, 1.807) is 0 Å². The van der Waals surface area contributed by atoms with Crippen molar-refractivity contribution in [2.75, 3.05) is 16.8 Å². The minimum atomic E-state index is -0.00441. The first-order valence-electron chi connectivity index (χ1n) is 16.1. The number of aryl methyl sites for hydroxylation is 1. The summed E-state index contributed by atoms with van der Waals surface area (Å²) >= 11 is 0. The fraction of sp³-hybridized carbons (Fsp3) is 0.146. The van der Waals surface area contributed by atoms with Gasteiger partial charge in [-0.25, -0.2) is 9.97 Å². The Balaban J connectivity index is 0.00000348. The maximum atomic E-state index is 6.48. The van der Waals surface area contributed by atoms with Crippen molar-refractivity contribution in [1.82, 2.24) is 19.1 Å². The van der Waals surface area contributed by atoms with Crippen molar-refractivity contribution in [3.8, 4) is 17.3 Å². The molecule has 49 heavy (non-hydrogen) atoms. The van der Waals surface area contributed by atoms with Crippen LogP contribution >= 0.6 is 0 Å². The first-order valence-corrected chi connectivity index (χ1v) is 16.1. The summed E-state index contributed by atoms with van der Waals surface area (Å²) in [6.07, 6.45) is 3.74. The van der Waals surface area contributed by atoms with Gasteiger partial charge in [0, 0.05) is 79.7 Å². The smallest absolute Gasteiger partial charge is 0.140 e. The van der Waals surface area contributed by atoms with Crippen molar-refractivity contribution in [3.05, 3.63) is 128 Å². The summed E-state index contributed by atoms with van der Waals surface area (Å²) in [5.41, 5.74) is 8.40.